The van der Waals surface area contributed by atoms with Crippen LogP contribution in [0.1, 0.15) is 47.2 Å². The number of halogens is 1. The molecular formula is C36H35ClN4O9. The van der Waals surface area contributed by atoms with Crippen molar-refractivity contribution in [2.24, 2.45) is 5.92 Å². The molecule has 1 unspecified atom stereocenters. The number of rotatable bonds is 8. The lowest BCUT2D eigenvalue weighted by Crippen LogP contribution is -2.53. The van der Waals surface area contributed by atoms with Gasteiger partial charge in [0.1, 0.15) is 34.0 Å². The first-order chi connectivity index (χ1) is 24.0. The minimum absolute atomic E-state index is 0.00494. The largest absolute Gasteiger partial charge is 0.507 e. The number of nitriles is 1. The maximum atomic E-state index is 14.4. The van der Waals surface area contributed by atoms with Gasteiger partial charge in [-0.15, -0.1) is 0 Å². The molecule has 3 aliphatic rings. The van der Waals surface area contributed by atoms with E-state index < -0.39 is 34.8 Å². The number of phenolic OH excluding ortho intramolecular Hbond substituents is 1. The van der Waals surface area contributed by atoms with Gasteiger partial charge in [-0.2, -0.15) is 5.26 Å². The normalized spacial score (nSPS) is 20.7. The van der Waals surface area contributed by atoms with Gasteiger partial charge in [0.25, 0.3) is 0 Å². The van der Waals surface area contributed by atoms with E-state index in [1.165, 1.54) is 45.6 Å². The van der Waals surface area contributed by atoms with Crippen molar-refractivity contribution in [2.45, 2.75) is 31.3 Å². The van der Waals surface area contributed by atoms with Crippen molar-refractivity contribution in [3.8, 4) is 34.8 Å². The van der Waals surface area contributed by atoms with Gasteiger partial charge in [0.2, 0.25) is 17.3 Å². The molecule has 2 N–H and O–H groups in total. The van der Waals surface area contributed by atoms with Crippen LogP contribution >= 0.6 is 11.6 Å². The zero-order valence-electron chi connectivity index (χ0n) is 27.9. The molecule has 3 aromatic rings. The van der Waals surface area contributed by atoms with Crippen molar-refractivity contribution < 1.29 is 43.5 Å². The van der Waals surface area contributed by atoms with E-state index in [9.17, 15) is 29.9 Å². The standard InChI is InChI=1S/C36H35ClN4O9/c1-19-14-24(43)29(33(45)36(19)34(46)30-26(48-3)17-27(49-4)31(37)32(30)50-36)22(20-7-8-23(42)25(15-20)47-2)16-28(44)40-10-12-41(13-11-40)35-21(18-38)6-5-9-39-35/h5-9,15,17,19,22,42,45H,10-14,16H2,1-4H3/t19-,22?,36+/m1/s1. The number of aromatic hydroxyl groups is 1. The summed E-state index contributed by atoms with van der Waals surface area (Å²) in [5.41, 5.74) is -1.41. The number of ketones is 2. The summed E-state index contributed by atoms with van der Waals surface area (Å²) >= 11 is 6.61. The second-order valence-electron chi connectivity index (χ2n) is 12.3. The van der Waals surface area contributed by atoms with Gasteiger partial charge in [0.05, 0.1) is 26.9 Å². The summed E-state index contributed by atoms with van der Waals surface area (Å²) in [5, 5.41) is 32.1. The Hall–Kier alpha value is -5.48. The van der Waals surface area contributed by atoms with E-state index in [2.05, 4.69) is 11.1 Å². The summed E-state index contributed by atoms with van der Waals surface area (Å²) in [6.07, 6.45) is 1.15. The van der Waals surface area contributed by atoms with Crippen molar-refractivity contribution in [3.05, 3.63) is 75.6 Å². The molecule has 0 bridgehead atoms. The van der Waals surface area contributed by atoms with E-state index in [0.29, 0.717) is 43.1 Å². The fourth-order valence-corrected chi connectivity index (χ4v) is 7.31. The van der Waals surface area contributed by atoms with Crippen LogP contribution in [0.5, 0.6) is 28.7 Å². The van der Waals surface area contributed by atoms with Crippen LogP contribution in [0, 0.1) is 17.2 Å². The van der Waals surface area contributed by atoms with E-state index in [4.69, 9.17) is 30.5 Å². The Bertz CT molecular complexity index is 1970. The van der Waals surface area contributed by atoms with Gasteiger partial charge in [-0.05, 0) is 29.8 Å². The first-order valence-electron chi connectivity index (χ1n) is 15.9. The summed E-state index contributed by atoms with van der Waals surface area (Å²) < 4.78 is 22.5. The van der Waals surface area contributed by atoms with E-state index in [-0.39, 0.29) is 63.7 Å². The van der Waals surface area contributed by atoms with E-state index in [1.807, 2.05) is 4.90 Å². The molecule has 2 aliphatic heterocycles. The van der Waals surface area contributed by atoms with Crippen molar-refractivity contribution in [3.63, 3.8) is 0 Å². The lowest BCUT2D eigenvalue weighted by Gasteiger charge is -2.39. The van der Waals surface area contributed by atoms with Crippen LogP contribution in [0.2, 0.25) is 5.02 Å². The van der Waals surface area contributed by atoms with E-state index >= 15 is 0 Å². The predicted octanol–water partition coefficient (Wildman–Crippen LogP) is 4.60. The highest BCUT2D eigenvalue weighted by atomic mass is 35.5. The number of pyridine rings is 1. The summed E-state index contributed by atoms with van der Waals surface area (Å²) in [7, 11) is 4.13. The first kappa shape index (κ1) is 34.4. The second-order valence-corrected chi connectivity index (χ2v) is 12.7. The number of anilines is 1. The number of hydrogen-bond donors (Lipinski definition) is 2. The summed E-state index contributed by atoms with van der Waals surface area (Å²) in [6.45, 7) is 3.06. The van der Waals surface area contributed by atoms with E-state index in [1.54, 1.807) is 30.2 Å². The Morgan fingerprint density at radius 2 is 1.78 bits per heavy atom. The number of hydrogen-bond acceptors (Lipinski definition) is 12. The maximum absolute atomic E-state index is 14.4. The van der Waals surface area contributed by atoms with Crippen LogP contribution in [0.3, 0.4) is 0 Å². The quantitative estimate of drug-likeness (QED) is 0.335. The number of phenols is 1. The number of allylic oxidation sites excluding steroid dienone is 1. The molecule has 2 aromatic carbocycles. The van der Waals surface area contributed by atoms with Crippen LogP contribution in [-0.4, -0.2) is 90.7 Å². The van der Waals surface area contributed by atoms with Crippen LogP contribution in [0.25, 0.3) is 0 Å². The molecule has 260 valence electrons. The number of aliphatic hydroxyl groups excluding tert-OH is 1. The summed E-state index contributed by atoms with van der Waals surface area (Å²) in [4.78, 5) is 50.3. The van der Waals surface area contributed by atoms with Crippen molar-refractivity contribution in [2.75, 3.05) is 52.4 Å². The number of amides is 1. The lowest BCUT2D eigenvalue weighted by atomic mass is 9.69. The van der Waals surface area contributed by atoms with Gasteiger partial charge in [-0.25, -0.2) is 4.98 Å². The number of nitrogens with zero attached hydrogens (tertiary/aromatic N) is 4. The van der Waals surface area contributed by atoms with Gasteiger partial charge in [-0.1, -0.05) is 24.6 Å². The van der Waals surface area contributed by atoms with E-state index in [0.717, 1.165) is 0 Å². The summed E-state index contributed by atoms with van der Waals surface area (Å²) in [5.74, 6) is -3.28. The molecule has 13 nitrogen and oxygen atoms in total. The Morgan fingerprint density at radius 1 is 1.08 bits per heavy atom. The molecule has 6 rings (SSSR count). The molecule has 1 aromatic heterocycles. The zero-order chi connectivity index (χ0) is 35.9. The number of ether oxygens (including phenoxy) is 4. The number of carbonyl (C=O) groups excluding carboxylic acids is 3. The third kappa shape index (κ3) is 5.49. The molecular weight excluding hydrogens is 668 g/mol. The maximum Gasteiger partial charge on any atom is 0.231 e. The van der Waals surface area contributed by atoms with Gasteiger partial charge >= 0.3 is 0 Å². The van der Waals surface area contributed by atoms with Crippen molar-refractivity contribution in [1.29, 1.82) is 5.26 Å². The molecule has 0 saturated carbocycles. The van der Waals surface area contributed by atoms with Gasteiger partial charge in [-0.3, -0.25) is 14.4 Å². The SMILES string of the molecule is COc1cc(C(CC(=O)N2CCN(c3ncccc3C#N)CC2)C2=C(O)[C@@]3(Oc4c(Cl)c(OC)cc(OC)c4C3=O)[C@H](C)CC2=O)ccc1O. The zero-order valence-corrected chi connectivity index (χ0v) is 28.6. The predicted molar refractivity (Wildman–Crippen MR) is 180 cm³/mol. The van der Waals surface area contributed by atoms with Crippen LogP contribution in [0.4, 0.5) is 5.82 Å². The van der Waals surface area contributed by atoms with Gasteiger partial charge in [0.15, 0.2) is 28.8 Å². The Kier molecular flexibility index (Phi) is 9.24. The molecule has 1 aliphatic carbocycles. The molecule has 3 heterocycles. The molecule has 3 atom stereocenters. The molecule has 14 heteroatoms. The third-order valence-corrected chi connectivity index (χ3v) is 10.0. The highest BCUT2D eigenvalue weighted by Gasteiger charge is 2.61. The van der Waals surface area contributed by atoms with Crippen LogP contribution in [0.15, 0.2) is 53.9 Å². The van der Waals surface area contributed by atoms with Gasteiger partial charge < -0.3 is 39.0 Å². The number of benzene rings is 2. The minimum atomic E-state index is -2.05. The number of aromatic nitrogens is 1. The topological polar surface area (TPSA) is 172 Å². The fourth-order valence-electron chi connectivity index (χ4n) is 7.04. The number of piperazine rings is 1. The highest BCUT2D eigenvalue weighted by molar-refractivity contribution is 6.35. The molecule has 1 amide bonds. The molecule has 1 saturated heterocycles. The van der Waals surface area contributed by atoms with Crippen LogP contribution < -0.4 is 23.8 Å². The average Bonchev–Trinajstić information content (AvgIpc) is 3.45. The number of Topliss-reactive ketones (excluding diaryl/α,β-unsaturated/α-hetero) is 2. The number of methoxy groups -OCH3 is 3. The van der Waals surface area contributed by atoms with Crippen LogP contribution in [-0.2, 0) is 9.59 Å². The second kappa shape index (κ2) is 13.4. The smallest absolute Gasteiger partial charge is 0.231 e. The lowest BCUT2D eigenvalue weighted by molar-refractivity contribution is -0.131. The Labute approximate surface area is 293 Å². The molecule has 1 fully saturated rings. The summed E-state index contributed by atoms with van der Waals surface area (Å²) in [6, 6.07) is 11.4. The highest BCUT2D eigenvalue weighted by Crippen LogP contribution is 2.56. The number of fused-ring (bicyclic) bond motifs is 1. The first-order valence-corrected chi connectivity index (χ1v) is 16.3. The van der Waals surface area contributed by atoms with Gasteiger partial charge in [0, 0.05) is 68.7 Å². The molecule has 50 heavy (non-hydrogen) atoms. The number of aliphatic hydroxyl groups is 1. The monoisotopic (exact) mass is 702 g/mol. The van der Waals surface area contributed by atoms with Crippen molar-refractivity contribution in [1.82, 2.24) is 9.88 Å². The molecule has 1 spiro atoms. The average molecular weight is 703 g/mol. The third-order valence-electron chi connectivity index (χ3n) is 9.68. The fraction of sp³-hybridized carbons (Fsp3) is 0.361. The van der Waals surface area contributed by atoms with Crippen molar-refractivity contribution >= 4 is 34.9 Å². The molecule has 0 radical (unpaired) electrons. The Balaban J connectivity index is 1.40. The Morgan fingerprint density at radius 3 is 2.44 bits per heavy atom. The number of carbonyl (C=O) groups is 3. The minimum Gasteiger partial charge on any atom is -0.507 e.